The van der Waals surface area contributed by atoms with E-state index in [1.807, 2.05) is 24.4 Å². The highest BCUT2D eigenvalue weighted by Crippen LogP contribution is 2.40. The first-order chi connectivity index (χ1) is 11.2. The van der Waals surface area contributed by atoms with E-state index in [1.54, 1.807) is 0 Å². The van der Waals surface area contributed by atoms with Crippen LogP contribution in [0.25, 0.3) is 11.0 Å². The number of ether oxygens (including phenoxy) is 1. The van der Waals surface area contributed by atoms with Crippen LogP contribution < -0.4 is 0 Å². The summed E-state index contributed by atoms with van der Waals surface area (Å²) in [6.45, 7) is 0.669. The number of nitrogens with zero attached hydrogens (tertiary/aromatic N) is 3. The zero-order valence-electron chi connectivity index (χ0n) is 12.3. The van der Waals surface area contributed by atoms with Crippen molar-refractivity contribution in [2.45, 2.75) is 31.6 Å². The average Bonchev–Trinajstić information content (AvgIpc) is 2.85. The molecular formula is C17H15BrClN3O. The maximum atomic E-state index is 6.17. The van der Waals surface area contributed by atoms with Gasteiger partial charge in [-0.15, -0.1) is 0 Å². The van der Waals surface area contributed by atoms with Gasteiger partial charge in [0.15, 0.2) is 0 Å². The Labute approximate surface area is 147 Å². The molecule has 4 nitrogen and oxygen atoms in total. The van der Waals surface area contributed by atoms with E-state index in [2.05, 4.69) is 42.6 Å². The summed E-state index contributed by atoms with van der Waals surface area (Å²) >= 11 is 9.72. The van der Waals surface area contributed by atoms with Crippen LogP contribution in [-0.2, 0) is 11.3 Å². The highest BCUT2D eigenvalue weighted by molar-refractivity contribution is 9.10. The lowest BCUT2D eigenvalue weighted by Gasteiger charge is -2.36. The zero-order valence-corrected chi connectivity index (χ0v) is 14.7. The minimum Gasteiger partial charge on any atom is -0.373 e. The monoisotopic (exact) mass is 391 g/mol. The van der Waals surface area contributed by atoms with Crippen molar-refractivity contribution in [2.24, 2.45) is 0 Å². The van der Waals surface area contributed by atoms with Crippen molar-refractivity contribution in [1.29, 1.82) is 0 Å². The summed E-state index contributed by atoms with van der Waals surface area (Å²) < 4.78 is 9.09. The van der Waals surface area contributed by atoms with Crippen LogP contribution in [0.3, 0.4) is 0 Å². The molecule has 2 aromatic heterocycles. The van der Waals surface area contributed by atoms with Crippen molar-refractivity contribution < 1.29 is 4.74 Å². The summed E-state index contributed by atoms with van der Waals surface area (Å²) in [4.78, 5) is 8.43. The molecular weight excluding hydrogens is 378 g/mol. The molecule has 0 unspecified atom stereocenters. The van der Waals surface area contributed by atoms with Crippen molar-refractivity contribution >= 4 is 38.6 Å². The van der Waals surface area contributed by atoms with Crippen LogP contribution in [0, 0.1) is 0 Å². The van der Waals surface area contributed by atoms with Gasteiger partial charge in [0.2, 0.25) is 0 Å². The summed E-state index contributed by atoms with van der Waals surface area (Å²) in [5.74, 6) is 0. The van der Waals surface area contributed by atoms with Gasteiger partial charge < -0.3 is 9.30 Å². The Morgan fingerprint density at radius 3 is 2.78 bits per heavy atom. The van der Waals surface area contributed by atoms with Crippen molar-refractivity contribution in [3.63, 3.8) is 0 Å². The Morgan fingerprint density at radius 2 is 2.00 bits per heavy atom. The molecule has 0 atom stereocenters. The maximum Gasteiger partial charge on any atom is 0.146 e. The molecule has 6 heteroatoms. The van der Waals surface area contributed by atoms with Gasteiger partial charge in [-0.1, -0.05) is 41.9 Å². The fourth-order valence-electron chi connectivity index (χ4n) is 2.97. The highest BCUT2D eigenvalue weighted by atomic mass is 79.9. The van der Waals surface area contributed by atoms with E-state index in [4.69, 9.17) is 16.3 Å². The molecule has 0 bridgehead atoms. The number of halogens is 2. The van der Waals surface area contributed by atoms with Gasteiger partial charge in [-0.25, -0.2) is 9.97 Å². The third kappa shape index (κ3) is 2.89. The van der Waals surface area contributed by atoms with E-state index in [1.165, 1.54) is 11.9 Å². The van der Waals surface area contributed by atoms with Crippen LogP contribution in [0.5, 0.6) is 0 Å². The topological polar surface area (TPSA) is 39.9 Å². The standard InChI is InChI=1S/C17H15BrClN3O/c18-14-8-22(17-15(14)16(19)20-10-21-17)12-6-13(7-12)23-9-11-4-2-1-3-5-11/h1-5,8,10,12-13H,6-7,9H2. The number of aromatic nitrogens is 3. The molecule has 0 spiro atoms. The minimum atomic E-state index is 0.300. The van der Waals surface area contributed by atoms with E-state index in [-0.39, 0.29) is 0 Å². The molecule has 2 heterocycles. The smallest absolute Gasteiger partial charge is 0.146 e. The molecule has 23 heavy (non-hydrogen) atoms. The molecule has 1 fully saturated rings. The van der Waals surface area contributed by atoms with Gasteiger partial charge in [0.05, 0.1) is 18.1 Å². The van der Waals surface area contributed by atoms with Crippen LogP contribution in [0.15, 0.2) is 47.3 Å². The Bertz CT molecular complexity index is 830. The number of rotatable bonds is 4. The second-order valence-corrected chi connectivity index (χ2v) is 7.00. The Balaban J connectivity index is 1.43. The van der Waals surface area contributed by atoms with E-state index in [9.17, 15) is 0 Å². The molecule has 3 aromatic rings. The van der Waals surface area contributed by atoms with Crippen LogP contribution in [0.4, 0.5) is 0 Å². The third-order valence-corrected chi connectivity index (χ3v) is 5.20. The Kier molecular flexibility index (Phi) is 4.09. The van der Waals surface area contributed by atoms with E-state index < -0.39 is 0 Å². The van der Waals surface area contributed by atoms with Gasteiger partial charge in [-0.05, 0) is 34.3 Å². The molecule has 1 aromatic carbocycles. The molecule has 1 saturated carbocycles. The largest absolute Gasteiger partial charge is 0.373 e. The molecule has 118 valence electrons. The minimum absolute atomic E-state index is 0.300. The van der Waals surface area contributed by atoms with Crippen LogP contribution in [0.2, 0.25) is 5.15 Å². The fourth-order valence-corrected chi connectivity index (χ4v) is 3.90. The van der Waals surface area contributed by atoms with Crippen molar-refractivity contribution in [1.82, 2.24) is 14.5 Å². The van der Waals surface area contributed by atoms with Gasteiger partial charge in [0, 0.05) is 16.7 Å². The Morgan fingerprint density at radius 1 is 1.22 bits per heavy atom. The number of benzene rings is 1. The third-order valence-electron chi connectivity index (χ3n) is 4.31. The van der Waals surface area contributed by atoms with Gasteiger partial charge in [0.1, 0.15) is 17.1 Å². The summed E-state index contributed by atoms with van der Waals surface area (Å²) in [6, 6.07) is 10.7. The first kappa shape index (κ1) is 15.1. The first-order valence-electron chi connectivity index (χ1n) is 7.54. The summed E-state index contributed by atoms with van der Waals surface area (Å²) in [5.41, 5.74) is 2.09. The quantitative estimate of drug-likeness (QED) is 0.601. The van der Waals surface area contributed by atoms with E-state index in [0.717, 1.165) is 28.3 Å². The van der Waals surface area contributed by atoms with Crippen molar-refractivity contribution in [3.8, 4) is 0 Å². The molecule has 0 radical (unpaired) electrons. The SMILES string of the molecule is Clc1ncnc2c1c(Br)cn2C1CC(OCc2ccccc2)C1. The summed E-state index contributed by atoms with van der Waals surface area (Å²) in [6.07, 6.45) is 5.84. The van der Waals surface area contributed by atoms with Crippen LogP contribution in [0.1, 0.15) is 24.4 Å². The molecule has 1 aliphatic rings. The van der Waals surface area contributed by atoms with E-state index in [0.29, 0.717) is 23.9 Å². The van der Waals surface area contributed by atoms with Crippen molar-refractivity contribution in [3.05, 3.63) is 58.0 Å². The second kappa shape index (κ2) is 6.23. The fraction of sp³-hybridized carbons (Fsp3) is 0.294. The second-order valence-electron chi connectivity index (χ2n) is 5.79. The molecule has 0 aliphatic heterocycles. The lowest BCUT2D eigenvalue weighted by atomic mass is 9.89. The molecule has 1 aliphatic carbocycles. The molecule has 0 N–H and O–H groups in total. The predicted octanol–water partition coefficient (Wildman–Crippen LogP) is 4.77. The maximum absolute atomic E-state index is 6.17. The number of hydrogen-bond donors (Lipinski definition) is 0. The Hall–Kier alpha value is -1.43. The van der Waals surface area contributed by atoms with Crippen LogP contribution >= 0.6 is 27.5 Å². The number of hydrogen-bond acceptors (Lipinski definition) is 3. The lowest BCUT2D eigenvalue weighted by Crippen LogP contribution is -2.33. The van der Waals surface area contributed by atoms with E-state index >= 15 is 0 Å². The normalized spacial score (nSPS) is 20.6. The van der Waals surface area contributed by atoms with Gasteiger partial charge in [0.25, 0.3) is 0 Å². The van der Waals surface area contributed by atoms with Crippen molar-refractivity contribution in [2.75, 3.05) is 0 Å². The van der Waals surface area contributed by atoms with Gasteiger partial charge in [-0.2, -0.15) is 0 Å². The molecule has 4 rings (SSSR count). The zero-order chi connectivity index (χ0) is 15.8. The molecule has 0 amide bonds. The average molecular weight is 393 g/mol. The summed E-state index contributed by atoms with van der Waals surface area (Å²) in [5, 5.41) is 1.36. The summed E-state index contributed by atoms with van der Waals surface area (Å²) in [7, 11) is 0. The predicted molar refractivity (Wildman–Crippen MR) is 93.5 cm³/mol. The highest BCUT2D eigenvalue weighted by Gasteiger charge is 2.32. The lowest BCUT2D eigenvalue weighted by molar-refractivity contribution is -0.0348. The van der Waals surface area contributed by atoms with Crippen LogP contribution in [-0.4, -0.2) is 20.6 Å². The van der Waals surface area contributed by atoms with Gasteiger partial charge >= 0.3 is 0 Å². The number of fused-ring (bicyclic) bond motifs is 1. The molecule has 0 saturated heterocycles. The van der Waals surface area contributed by atoms with Gasteiger partial charge in [-0.3, -0.25) is 0 Å². The first-order valence-corrected chi connectivity index (χ1v) is 8.71.